The van der Waals surface area contributed by atoms with Gasteiger partial charge < -0.3 is 11.5 Å². The van der Waals surface area contributed by atoms with Crippen LogP contribution in [0.3, 0.4) is 0 Å². The molecule has 4 nitrogen and oxygen atoms in total. The van der Waals surface area contributed by atoms with Crippen molar-refractivity contribution in [1.29, 1.82) is 0 Å². The lowest BCUT2D eigenvalue weighted by Gasteiger charge is -2.16. The highest BCUT2D eigenvalue weighted by molar-refractivity contribution is 5.82. The van der Waals surface area contributed by atoms with Crippen LogP contribution in [0.5, 0.6) is 0 Å². The Morgan fingerprint density at radius 2 is 2.17 bits per heavy atom. The Morgan fingerprint density at radius 1 is 1.44 bits per heavy atom. The zero-order chi connectivity index (χ0) is 13.5. The smallest absolute Gasteiger partial charge is 0.137 e. The first-order valence-electron chi connectivity index (χ1n) is 6.43. The number of ketones is 1. The Kier molecular flexibility index (Phi) is 5.78. The first kappa shape index (κ1) is 14.6. The minimum atomic E-state index is 0.186. The van der Waals surface area contributed by atoms with E-state index >= 15 is 0 Å². The van der Waals surface area contributed by atoms with Crippen LogP contribution in [-0.4, -0.2) is 17.3 Å². The van der Waals surface area contributed by atoms with Gasteiger partial charge in [0.2, 0.25) is 0 Å². The van der Waals surface area contributed by atoms with Gasteiger partial charge in [-0.1, -0.05) is 13.8 Å². The second-order valence-corrected chi connectivity index (χ2v) is 5.23. The van der Waals surface area contributed by atoms with Gasteiger partial charge in [0.05, 0.1) is 0 Å². The molecule has 0 aromatic carbocycles. The first-order chi connectivity index (χ1) is 8.52. The molecule has 4 heteroatoms. The highest BCUT2D eigenvalue weighted by Gasteiger charge is 2.15. The maximum absolute atomic E-state index is 12.0. The maximum Gasteiger partial charge on any atom is 0.137 e. The van der Waals surface area contributed by atoms with Gasteiger partial charge in [-0.3, -0.25) is 9.78 Å². The number of Topliss-reactive ketones (excluding diaryl/α,β-unsaturated/α-hetero) is 1. The molecule has 18 heavy (non-hydrogen) atoms. The summed E-state index contributed by atoms with van der Waals surface area (Å²) in [5.41, 5.74) is 12.9. The molecule has 4 N–H and O–H groups in total. The van der Waals surface area contributed by atoms with Crippen LogP contribution < -0.4 is 11.5 Å². The fraction of sp³-hybridized carbons (Fsp3) is 0.571. The van der Waals surface area contributed by atoms with Gasteiger partial charge in [0.1, 0.15) is 5.78 Å². The SMILES string of the molecule is CC(C)CC(CN)CC(=O)Cc1cnccc1N. The molecule has 0 aliphatic carbocycles. The summed E-state index contributed by atoms with van der Waals surface area (Å²) in [4.78, 5) is 16.0. The number of aromatic nitrogens is 1. The molecule has 0 bridgehead atoms. The number of hydrogen-bond donors (Lipinski definition) is 2. The van der Waals surface area contributed by atoms with Gasteiger partial charge in [-0.2, -0.15) is 0 Å². The molecule has 1 rings (SSSR count). The molecule has 0 saturated carbocycles. The summed E-state index contributed by atoms with van der Waals surface area (Å²) in [5, 5.41) is 0. The molecule has 1 aromatic heterocycles. The highest BCUT2D eigenvalue weighted by atomic mass is 16.1. The number of rotatable bonds is 7. The predicted octanol–water partition coefficient (Wildman–Crippen LogP) is 1.79. The highest BCUT2D eigenvalue weighted by Crippen LogP contribution is 2.17. The second kappa shape index (κ2) is 7.11. The van der Waals surface area contributed by atoms with Crippen LogP contribution in [0, 0.1) is 11.8 Å². The first-order valence-corrected chi connectivity index (χ1v) is 6.43. The molecule has 0 amide bonds. The minimum absolute atomic E-state index is 0.186. The lowest BCUT2D eigenvalue weighted by Crippen LogP contribution is -2.21. The Balaban J connectivity index is 2.53. The van der Waals surface area contributed by atoms with Crippen molar-refractivity contribution in [3.8, 4) is 0 Å². The van der Waals surface area contributed by atoms with E-state index in [4.69, 9.17) is 11.5 Å². The Bertz CT molecular complexity index is 390. The van der Waals surface area contributed by atoms with E-state index in [1.807, 2.05) is 0 Å². The molecule has 0 aliphatic rings. The molecule has 1 atom stereocenters. The van der Waals surface area contributed by atoms with Crippen molar-refractivity contribution in [1.82, 2.24) is 4.98 Å². The predicted molar refractivity (Wildman–Crippen MR) is 74.0 cm³/mol. The van der Waals surface area contributed by atoms with E-state index in [2.05, 4.69) is 18.8 Å². The maximum atomic E-state index is 12.0. The molecule has 1 aromatic rings. The average molecular weight is 249 g/mol. The number of hydrogen-bond acceptors (Lipinski definition) is 4. The minimum Gasteiger partial charge on any atom is -0.398 e. The van der Waals surface area contributed by atoms with E-state index in [0.717, 1.165) is 12.0 Å². The quantitative estimate of drug-likeness (QED) is 0.771. The number of carbonyl (C=O) groups is 1. The van der Waals surface area contributed by atoms with Crippen LogP contribution >= 0.6 is 0 Å². The van der Waals surface area contributed by atoms with Crippen molar-refractivity contribution >= 4 is 11.5 Å². The molecular weight excluding hydrogens is 226 g/mol. The summed E-state index contributed by atoms with van der Waals surface area (Å²) in [5.74, 6) is 1.02. The number of anilines is 1. The monoisotopic (exact) mass is 249 g/mol. The number of nitrogen functional groups attached to an aromatic ring is 1. The summed E-state index contributed by atoms with van der Waals surface area (Å²) in [6.45, 7) is 4.85. The molecule has 1 unspecified atom stereocenters. The molecule has 0 spiro atoms. The third kappa shape index (κ3) is 4.84. The van der Waals surface area contributed by atoms with Gasteiger partial charge in [-0.25, -0.2) is 0 Å². The molecule has 0 fully saturated rings. The Hall–Kier alpha value is -1.42. The van der Waals surface area contributed by atoms with Gasteiger partial charge in [0.15, 0.2) is 0 Å². The topological polar surface area (TPSA) is 82.0 Å². The van der Waals surface area contributed by atoms with E-state index in [9.17, 15) is 4.79 Å². The number of pyridine rings is 1. The van der Waals surface area contributed by atoms with Crippen LogP contribution in [0.4, 0.5) is 5.69 Å². The molecule has 0 saturated heterocycles. The molecule has 0 radical (unpaired) electrons. The van der Waals surface area contributed by atoms with Crippen molar-refractivity contribution < 1.29 is 4.79 Å². The van der Waals surface area contributed by atoms with Crippen LogP contribution in [0.25, 0.3) is 0 Å². The lowest BCUT2D eigenvalue weighted by atomic mass is 9.91. The van der Waals surface area contributed by atoms with Gasteiger partial charge in [-0.15, -0.1) is 0 Å². The van der Waals surface area contributed by atoms with Crippen molar-refractivity contribution in [3.05, 3.63) is 24.0 Å². The number of nitrogens with two attached hydrogens (primary N) is 2. The second-order valence-electron chi connectivity index (χ2n) is 5.23. The Morgan fingerprint density at radius 3 is 2.72 bits per heavy atom. The van der Waals surface area contributed by atoms with Crippen LogP contribution in [0.1, 0.15) is 32.3 Å². The third-order valence-corrected chi connectivity index (χ3v) is 2.98. The van der Waals surface area contributed by atoms with E-state index in [1.165, 1.54) is 0 Å². The molecular formula is C14H23N3O. The van der Waals surface area contributed by atoms with E-state index in [1.54, 1.807) is 18.5 Å². The van der Waals surface area contributed by atoms with Crippen LogP contribution in [0.2, 0.25) is 0 Å². The largest absolute Gasteiger partial charge is 0.398 e. The van der Waals surface area contributed by atoms with Crippen molar-refractivity contribution in [3.63, 3.8) is 0 Å². The average Bonchev–Trinajstić information content (AvgIpc) is 2.30. The van der Waals surface area contributed by atoms with Crippen LogP contribution in [0.15, 0.2) is 18.5 Å². The van der Waals surface area contributed by atoms with Crippen molar-refractivity contribution in [2.75, 3.05) is 12.3 Å². The molecule has 0 aliphatic heterocycles. The van der Waals surface area contributed by atoms with E-state index in [-0.39, 0.29) is 11.7 Å². The normalized spacial score (nSPS) is 12.7. The molecule has 1 heterocycles. The lowest BCUT2D eigenvalue weighted by molar-refractivity contribution is -0.119. The zero-order valence-electron chi connectivity index (χ0n) is 11.2. The van der Waals surface area contributed by atoms with Crippen molar-refractivity contribution in [2.24, 2.45) is 17.6 Å². The van der Waals surface area contributed by atoms with Crippen molar-refractivity contribution in [2.45, 2.75) is 33.1 Å². The third-order valence-electron chi connectivity index (χ3n) is 2.98. The van der Waals surface area contributed by atoms with Gasteiger partial charge in [0.25, 0.3) is 0 Å². The van der Waals surface area contributed by atoms with E-state index in [0.29, 0.717) is 31.0 Å². The molecule has 100 valence electrons. The summed E-state index contributed by atoms with van der Waals surface area (Å²) >= 11 is 0. The summed E-state index contributed by atoms with van der Waals surface area (Å²) in [6, 6.07) is 1.72. The van der Waals surface area contributed by atoms with Gasteiger partial charge >= 0.3 is 0 Å². The van der Waals surface area contributed by atoms with Gasteiger partial charge in [-0.05, 0) is 30.9 Å². The number of carbonyl (C=O) groups excluding carboxylic acids is 1. The standard InChI is InChI=1S/C14H23N3O/c1-10(2)5-11(8-15)6-13(18)7-12-9-17-4-3-14(12)16/h3-4,9-11H,5-8,15H2,1-2H3,(H2,16,17). The fourth-order valence-corrected chi connectivity index (χ4v) is 2.12. The Labute approximate surface area is 109 Å². The summed E-state index contributed by atoms with van der Waals surface area (Å²) in [6.07, 6.45) is 5.17. The number of nitrogens with zero attached hydrogens (tertiary/aromatic N) is 1. The summed E-state index contributed by atoms with van der Waals surface area (Å²) < 4.78 is 0. The van der Waals surface area contributed by atoms with E-state index < -0.39 is 0 Å². The summed E-state index contributed by atoms with van der Waals surface area (Å²) in [7, 11) is 0. The van der Waals surface area contributed by atoms with Crippen LogP contribution in [-0.2, 0) is 11.2 Å². The zero-order valence-corrected chi connectivity index (χ0v) is 11.2. The van der Waals surface area contributed by atoms with Gasteiger partial charge in [0, 0.05) is 36.5 Å². The fourth-order valence-electron chi connectivity index (χ4n) is 2.12.